The van der Waals surface area contributed by atoms with Crippen molar-refractivity contribution >= 4 is 34.2 Å². The third-order valence-corrected chi connectivity index (χ3v) is 6.14. The van der Waals surface area contributed by atoms with Crippen molar-refractivity contribution in [2.24, 2.45) is 0 Å². The number of hydrogen-bond donors (Lipinski definition) is 2. The first-order chi connectivity index (χ1) is 12.9. The third-order valence-electron chi connectivity index (χ3n) is 4.95. The van der Waals surface area contributed by atoms with Crippen molar-refractivity contribution in [2.75, 3.05) is 25.5 Å². The number of nitrogens with zero attached hydrogens (tertiary/aromatic N) is 1. The maximum atomic E-state index is 12.8. The second kappa shape index (κ2) is 9.73. The van der Waals surface area contributed by atoms with Crippen LogP contribution in [0.2, 0.25) is 0 Å². The quantitative estimate of drug-likeness (QED) is 0.718. The minimum Gasteiger partial charge on any atom is -0.465 e. The molecule has 1 aliphatic carbocycles. The molecule has 0 aromatic carbocycles. The topological polar surface area (TPSA) is 87.7 Å². The van der Waals surface area contributed by atoms with Crippen LogP contribution in [0, 0.1) is 6.92 Å². The molecule has 0 spiro atoms. The molecule has 8 heteroatoms. The summed E-state index contributed by atoms with van der Waals surface area (Å²) in [5.74, 6) is -0.705. The maximum absolute atomic E-state index is 12.8. The van der Waals surface area contributed by atoms with Crippen molar-refractivity contribution < 1.29 is 19.1 Å². The molecule has 1 aromatic rings. The second-order valence-electron chi connectivity index (χ2n) is 6.66. The van der Waals surface area contributed by atoms with Crippen LogP contribution in [0.3, 0.4) is 0 Å². The van der Waals surface area contributed by atoms with E-state index in [4.69, 9.17) is 4.74 Å². The number of hydrogen-bond acceptors (Lipinski definition) is 5. The Morgan fingerprint density at radius 1 is 1.15 bits per heavy atom. The minimum absolute atomic E-state index is 0.145. The number of esters is 1. The van der Waals surface area contributed by atoms with E-state index in [1.54, 1.807) is 11.8 Å². The van der Waals surface area contributed by atoms with E-state index in [1.807, 2.05) is 13.8 Å². The number of thiophene rings is 1. The third kappa shape index (κ3) is 5.00. The van der Waals surface area contributed by atoms with E-state index in [9.17, 15) is 14.4 Å². The molecular weight excluding hydrogens is 366 g/mol. The number of urea groups is 1. The van der Waals surface area contributed by atoms with Gasteiger partial charge in [-0.1, -0.05) is 19.3 Å². The summed E-state index contributed by atoms with van der Waals surface area (Å²) in [6.07, 6.45) is 5.35. The fraction of sp³-hybridized carbons (Fsp3) is 0.632. The molecular formula is C19H29N3O4S. The molecule has 0 bridgehead atoms. The number of amides is 3. The van der Waals surface area contributed by atoms with Crippen molar-refractivity contribution in [3.05, 3.63) is 16.0 Å². The fourth-order valence-corrected chi connectivity index (χ4v) is 4.54. The summed E-state index contributed by atoms with van der Waals surface area (Å²) < 4.78 is 4.87. The Morgan fingerprint density at radius 2 is 1.78 bits per heavy atom. The summed E-state index contributed by atoms with van der Waals surface area (Å²) in [5.41, 5.74) is 0.786. The molecule has 1 aromatic heterocycles. The molecule has 7 nitrogen and oxygen atoms in total. The molecule has 0 unspecified atom stereocenters. The van der Waals surface area contributed by atoms with Gasteiger partial charge in [-0.2, -0.15) is 0 Å². The Labute approximate surface area is 164 Å². The van der Waals surface area contributed by atoms with Gasteiger partial charge in [0, 0.05) is 19.1 Å². The van der Waals surface area contributed by atoms with Crippen LogP contribution >= 0.6 is 11.3 Å². The zero-order valence-electron chi connectivity index (χ0n) is 16.5. The van der Waals surface area contributed by atoms with Gasteiger partial charge in [-0.15, -0.1) is 11.3 Å². The number of rotatable bonds is 6. The van der Waals surface area contributed by atoms with Crippen LogP contribution < -0.4 is 10.6 Å². The number of anilines is 1. The molecule has 150 valence electrons. The van der Waals surface area contributed by atoms with Gasteiger partial charge in [-0.05, 0) is 39.2 Å². The van der Waals surface area contributed by atoms with Crippen molar-refractivity contribution in [2.45, 2.75) is 58.9 Å². The SMILES string of the molecule is CCN(CC)C(=O)c1sc(NC(=O)NC2CCCCC2)c(C(=O)OC)c1C. The maximum Gasteiger partial charge on any atom is 0.341 e. The lowest BCUT2D eigenvalue weighted by Crippen LogP contribution is -2.39. The van der Waals surface area contributed by atoms with Crippen molar-refractivity contribution in [3.8, 4) is 0 Å². The number of carbonyl (C=O) groups is 3. The molecule has 0 aliphatic heterocycles. The Balaban J connectivity index is 2.25. The van der Waals surface area contributed by atoms with E-state index in [0.717, 1.165) is 37.0 Å². The fourth-order valence-electron chi connectivity index (χ4n) is 3.38. The van der Waals surface area contributed by atoms with Crippen LogP contribution in [-0.4, -0.2) is 49.0 Å². The van der Waals surface area contributed by atoms with Gasteiger partial charge in [0.05, 0.1) is 17.6 Å². The van der Waals surface area contributed by atoms with E-state index < -0.39 is 5.97 Å². The van der Waals surface area contributed by atoms with E-state index in [0.29, 0.717) is 28.5 Å². The number of carbonyl (C=O) groups excluding carboxylic acids is 3. The van der Waals surface area contributed by atoms with Crippen LogP contribution in [-0.2, 0) is 4.74 Å². The highest BCUT2D eigenvalue weighted by molar-refractivity contribution is 7.18. The lowest BCUT2D eigenvalue weighted by Gasteiger charge is -2.22. The van der Waals surface area contributed by atoms with Gasteiger partial charge in [0.1, 0.15) is 5.00 Å². The molecule has 1 aliphatic rings. The zero-order valence-corrected chi connectivity index (χ0v) is 17.3. The highest BCUT2D eigenvalue weighted by Crippen LogP contribution is 2.34. The van der Waals surface area contributed by atoms with E-state index in [-0.39, 0.29) is 23.5 Å². The van der Waals surface area contributed by atoms with Gasteiger partial charge < -0.3 is 15.0 Å². The summed E-state index contributed by atoms with van der Waals surface area (Å²) in [5, 5.41) is 6.07. The van der Waals surface area contributed by atoms with Crippen LogP contribution in [0.25, 0.3) is 0 Å². The summed E-state index contributed by atoms with van der Waals surface area (Å²) in [7, 11) is 1.29. The van der Waals surface area contributed by atoms with Crippen molar-refractivity contribution in [1.82, 2.24) is 10.2 Å². The Hall–Kier alpha value is -2.09. The first-order valence-electron chi connectivity index (χ1n) is 9.51. The molecule has 3 amide bonds. The standard InChI is InChI=1S/C19H29N3O4S/c1-5-22(6-2)17(23)15-12(3)14(18(24)26-4)16(27-15)21-19(25)20-13-10-8-7-9-11-13/h13H,5-11H2,1-4H3,(H2,20,21,25). The molecule has 1 saturated carbocycles. The van der Waals surface area contributed by atoms with Gasteiger partial charge in [0.15, 0.2) is 0 Å². The first kappa shape index (κ1) is 21.2. The summed E-state index contributed by atoms with van der Waals surface area (Å²) in [6.45, 7) is 6.67. The van der Waals surface area contributed by atoms with Crippen LogP contribution in [0.4, 0.5) is 9.80 Å². The number of nitrogens with one attached hydrogen (secondary N) is 2. The predicted octanol–water partition coefficient (Wildman–Crippen LogP) is 3.78. The highest BCUT2D eigenvalue weighted by Gasteiger charge is 2.28. The van der Waals surface area contributed by atoms with Gasteiger partial charge in [-0.25, -0.2) is 9.59 Å². The zero-order chi connectivity index (χ0) is 20.0. The molecule has 0 radical (unpaired) electrons. The number of methoxy groups -OCH3 is 1. The van der Waals surface area contributed by atoms with E-state index in [2.05, 4.69) is 10.6 Å². The van der Waals surface area contributed by atoms with Gasteiger partial charge >= 0.3 is 12.0 Å². The first-order valence-corrected chi connectivity index (χ1v) is 10.3. The van der Waals surface area contributed by atoms with Crippen LogP contribution in [0.5, 0.6) is 0 Å². The predicted molar refractivity (Wildman–Crippen MR) is 107 cm³/mol. The van der Waals surface area contributed by atoms with Crippen molar-refractivity contribution in [1.29, 1.82) is 0 Å². The average molecular weight is 396 g/mol. The monoisotopic (exact) mass is 395 g/mol. The highest BCUT2D eigenvalue weighted by atomic mass is 32.1. The lowest BCUT2D eigenvalue weighted by molar-refractivity contribution is 0.0601. The van der Waals surface area contributed by atoms with Crippen LogP contribution in [0.15, 0.2) is 0 Å². The van der Waals surface area contributed by atoms with Gasteiger partial charge in [0.2, 0.25) is 0 Å². The Bertz CT molecular complexity index is 691. The molecule has 1 heterocycles. The Kier molecular flexibility index (Phi) is 7.65. The second-order valence-corrected chi connectivity index (χ2v) is 7.68. The largest absolute Gasteiger partial charge is 0.465 e. The summed E-state index contributed by atoms with van der Waals surface area (Å²) in [4.78, 5) is 39.6. The minimum atomic E-state index is -0.560. The lowest BCUT2D eigenvalue weighted by atomic mass is 9.96. The smallest absolute Gasteiger partial charge is 0.341 e. The summed E-state index contributed by atoms with van der Waals surface area (Å²) >= 11 is 1.12. The Morgan fingerprint density at radius 3 is 2.33 bits per heavy atom. The van der Waals surface area contributed by atoms with E-state index in [1.165, 1.54) is 13.5 Å². The summed E-state index contributed by atoms with van der Waals surface area (Å²) in [6, 6.07) is -0.201. The normalized spacial score (nSPS) is 14.5. The van der Waals surface area contributed by atoms with Gasteiger partial charge in [0.25, 0.3) is 5.91 Å². The molecule has 2 rings (SSSR count). The molecule has 1 fully saturated rings. The van der Waals surface area contributed by atoms with Gasteiger partial charge in [-0.3, -0.25) is 10.1 Å². The van der Waals surface area contributed by atoms with Crippen molar-refractivity contribution in [3.63, 3.8) is 0 Å². The molecule has 0 saturated heterocycles. The van der Waals surface area contributed by atoms with E-state index >= 15 is 0 Å². The average Bonchev–Trinajstić information content (AvgIpc) is 2.98. The number of ether oxygens (including phenoxy) is 1. The molecule has 2 N–H and O–H groups in total. The molecule has 0 atom stereocenters. The van der Waals surface area contributed by atoms with Crippen LogP contribution in [0.1, 0.15) is 71.5 Å². The molecule has 27 heavy (non-hydrogen) atoms.